The first-order chi connectivity index (χ1) is 69.2. The van der Waals surface area contributed by atoms with Crippen LogP contribution in [-0.2, 0) is 5.41 Å². The first kappa shape index (κ1) is 84.8. The molecule has 662 valence electrons. The van der Waals surface area contributed by atoms with Crippen molar-refractivity contribution in [1.82, 2.24) is 0 Å². The van der Waals surface area contributed by atoms with Gasteiger partial charge in [0.05, 0.1) is 5.69 Å². The number of fused-ring (bicyclic) bond motifs is 12. The Kier molecular flexibility index (Phi) is 22.4. The molecule has 25 aromatic rings. The molecule has 1 aliphatic carbocycles. The molecule has 0 bridgehead atoms. The molecular formula is C135H95N3O2. The third-order valence-electron chi connectivity index (χ3n) is 27.9. The minimum atomic E-state index is -0.0263. The van der Waals surface area contributed by atoms with E-state index in [4.69, 9.17) is 8.83 Å². The third kappa shape index (κ3) is 16.1. The van der Waals surface area contributed by atoms with Crippen molar-refractivity contribution in [2.45, 2.75) is 19.3 Å². The highest BCUT2D eigenvalue weighted by molar-refractivity contribution is 6.14. The maximum atomic E-state index is 6.75. The fraction of sp³-hybridized carbons (Fsp3) is 0.0222. The Labute approximate surface area is 815 Å². The van der Waals surface area contributed by atoms with E-state index in [0.717, 1.165) is 134 Å². The summed E-state index contributed by atoms with van der Waals surface area (Å²) in [6.07, 6.45) is 0. The van der Waals surface area contributed by atoms with Crippen LogP contribution in [-0.4, -0.2) is 0 Å². The summed E-state index contributed by atoms with van der Waals surface area (Å²) >= 11 is 0. The molecule has 26 rings (SSSR count). The molecule has 0 saturated carbocycles. The van der Waals surface area contributed by atoms with Crippen molar-refractivity contribution in [3.8, 4) is 100 Å². The Bertz CT molecular complexity index is 8810. The molecule has 0 fully saturated rings. The summed E-state index contributed by atoms with van der Waals surface area (Å²) < 4.78 is 13.3. The maximum absolute atomic E-state index is 6.75. The zero-order valence-electron chi connectivity index (χ0n) is 77.5. The Morgan fingerprint density at radius 3 is 0.907 bits per heavy atom. The molecule has 2 heterocycles. The van der Waals surface area contributed by atoms with Crippen molar-refractivity contribution in [3.63, 3.8) is 0 Å². The Balaban J connectivity index is 0.000000117. The number of benzene rings is 23. The number of nitrogens with zero attached hydrogens (tertiary/aromatic N) is 3. The van der Waals surface area contributed by atoms with Crippen LogP contribution in [0, 0.1) is 0 Å². The lowest BCUT2D eigenvalue weighted by atomic mass is 9.82. The summed E-state index contributed by atoms with van der Waals surface area (Å²) in [5.74, 6) is 0. The van der Waals surface area contributed by atoms with E-state index in [1.165, 1.54) is 105 Å². The van der Waals surface area contributed by atoms with Crippen LogP contribution in [0.1, 0.15) is 25.0 Å². The molecule has 0 spiro atoms. The topological polar surface area (TPSA) is 36.0 Å². The number of furan rings is 2. The van der Waals surface area contributed by atoms with Gasteiger partial charge in [-0.25, -0.2) is 0 Å². The highest BCUT2D eigenvalue weighted by atomic mass is 16.3. The van der Waals surface area contributed by atoms with Gasteiger partial charge in [-0.2, -0.15) is 0 Å². The molecule has 0 saturated heterocycles. The SMILES string of the molecule is CC1(C)c2ccccc2-c2ccc(N(c3ccccc3)c3ccc(-c4ccccc4)cc3)cc21.c1ccc(-c2ccc(N(c3ccc(-c4ccc5c(c4)oc4c(-c6ccccc6)cccc45)cc3)c3ccc(-c4cccc5ccccc45)cc3)cc2)cc1.c1ccc(-c2cccc3c2oc2c(-c4ccc(N(c5ccc(-c6cccc7ccccc67)cc5)c5cccc6ccccc56)cc4)cccc23)cc1. The average Bonchev–Trinajstić information content (AvgIpc) is 1.58. The Morgan fingerprint density at radius 1 is 0.157 bits per heavy atom. The van der Waals surface area contributed by atoms with Crippen LogP contribution in [0.2, 0.25) is 0 Å². The summed E-state index contributed by atoms with van der Waals surface area (Å²) in [5.41, 5.74) is 37.9. The lowest BCUT2D eigenvalue weighted by Crippen LogP contribution is -2.16. The largest absolute Gasteiger partial charge is 0.455 e. The van der Waals surface area contributed by atoms with E-state index >= 15 is 0 Å². The number of anilines is 9. The van der Waals surface area contributed by atoms with Gasteiger partial charge in [-0.3, -0.25) is 0 Å². The zero-order chi connectivity index (χ0) is 93.4. The average molecular weight is 1790 g/mol. The van der Waals surface area contributed by atoms with Crippen molar-refractivity contribution < 1.29 is 8.83 Å². The van der Waals surface area contributed by atoms with Gasteiger partial charge in [0, 0.05) is 94.5 Å². The van der Waals surface area contributed by atoms with Crippen LogP contribution in [0.4, 0.5) is 51.2 Å². The first-order valence-electron chi connectivity index (χ1n) is 48.1. The van der Waals surface area contributed by atoms with Crippen molar-refractivity contribution in [3.05, 3.63) is 551 Å². The van der Waals surface area contributed by atoms with E-state index < -0.39 is 0 Å². The normalized spacial score (nSPS) is 11.8. The first-order valence-corrected chi connectivity index (χ1v) is 48.1. The van der Waals surface area contributed by atoms with Crippen molar-refractivity contribution in [2.24, 2.45) is 0 Å². The third-order valence-corrected chi connectivity index (χ3v) is 27.9. The standard InChI is InChI=1S/C52H35NO.C50H33NO.C33H27N/c1-3-11-36(12-4-1)37-21-28-43(29-22-37)53(45-32-25-41(26-33-45)47-18-9-16-39-15-7-8-17-46(39)47)44-30-23-38(24-31-44)42-27-34-49-50-20-10-19-48(40-13-5-2-6-14-40)52(50)54-51(49)35-42;1-2-12-36(13-3-1)44-21-10-23-46-47-24-11-22-45(50(47)52-49(44)46)38-28-32-40(33-29-38)51(48-25-9-17-35-15-5-7-19-43(35)48)39-30-26-37(27-31-39)42-20-8-16-34-14-4-6-18-41(34)42;1-33(2)31-16-10-9-15-29(31)30-22-21-28(23-32(30)33)34(26-13-7-4-8-14-26)27-19-17-25(18-20-27)24-11-5-3-6-12-24/h1-35H;1-33H;3-23H,1-2H3. The summed E-state index contributed by atoms with van der Waals surface area (Å²) in [7, 11) is 0. The lowest BCUT2D eigenvalue weighted by molar-refractivity contribution is 0.660. The van der Waals surface area contributed by atoms with Crippen molar-refractivity contribution in [1.29, 1.82) is 0 Å². The minimum Gasteiger partial charge on any atom is -0.455 e. The molecule has 5 heteroatoms. The van der Waals surface area contributed by atoms with E-state index in [1.54, 1.807) is 0 Å². The van der Waals surface area contributed by atoms with Crippen molar-refractivity contribution >= 4 is 127 Å². The maximum Gasteiger partial charge on any atom is 0.143 e. The fourth-order valence-electron chi connectivity index (χ4n) is 20.8. The highest BCUT2D eigenvalue weighted by Crippen LogP contribution is 2.53. The Hall–Kier alpha value is -18.2. The zero-order valence-corrected chi connectivity index (χ0v) is 77.5. The molecule has 0 aliphatic heterocycles. The van der Waals surface area contributed by atoms with Gasteiger partial charge in [0.1, 0.15) is 22.3 Å². The van der Waals surface area contributed by atoms with Crippen molar-refractivity contribution in [2.75, 3.05) is 14.7 Å². The van der Waals surface area contributed by atoms with Crippen LogP contribution >= 0.6 is 0 Å². The summed E-state index contributed by atoms with van der Waals surface area (Å²) in [6.45, 7) is 4.67. The van der Waals surface area contributed by atoms with E-state index in [9.17, 15) is 0 Å². The second kappa shape index (κ2) is 36.9. The fourth-order valence-corrected chi connectivity index (χ4v) is 20.8. The number of para-hydroxylation sites is 4. The van der Waals surface area contributed by atoms with Gasteiger partial charge in [-0.05, 0) is 237 Å². The van der Waals surface area contributed by atoms with Gasteiger partial charge < -0.3 is 23.5 Å². The predicted octanol–water partition coefficient (Wildman–Crippen LogP) is 38.4. The number of rotatable bonds is 17. The molecule has 0 atom stereocenters. The highest BCUT2D eigenvalue weighted by Gasteiger charge is 2.36. The molecule has 2 aromatic heterocycles. The molecule has 0 radical (unpaired) electrons. The van der Waals surface area contributed by atoms with Crippen LogP contribution in [0.15, 0.2) is 549 Å². The van der Waals surface area contributed by atoms with Crippen LogP contribution < -0.4 is 14.7 Å². The van der Waals surface area contributed by atoms with Gasteiger partial charge >= 0.3 is 0 Å². The van der Waals surface area contributed by atoms with Gasteiger partial charge in [-0.15, -0.1) is 0 Å². The van der Waals surface area contributed by atoms with Gasteiger partial charge in [0.25, 0.3) is 0 Å². The van der Waals surface area contributed by atoms with Gasteiger partial charge in [0.2, 0.25) is 0 Å². The molecule has 5 nitrogen and oxygen atoms in total. The summed E-state index contributed by atoms with van der Waals surface area (Å²) in [4.78, 5) is 7.06. The molecule has 0 N–H and O–H groups in total. The molecule has 23 aromatic carbocycles. The molecule has 1 aliphatic rings. The number of hydrogen-bond acceptors (Lipinski definition) is 5. The molecule has 140 heavy (non-hydrogen) atoms. The quantitative estimate of drug-likeness (QED) is 0.0908. The summed E-state index contributed by atoms with van der Waals surface area (Å²) in [5, 5.41) is 11.9. The monoisotopic (exact) mass is 1790 g/mol. The molecule has 0 amide bonds. The van der Waals surface area contributed by atoms with E-state index in [2.05, 4.69) is 556 Å². The molecule has 0 unspecified atom stereocenters. The second-order valence-electron chi connectivity index (χ2n) is 36.5. The smallest absolute Gasteiger partial charge is 0.143 e. The van der Waals surface area contributed by atoms with Crippen LogP contribution in [0.3, 0.4) is 0 Å². The second-order valence-corrected chi connectivity index (χ2v) is 36.5. The van der Waals surface area contributed by atoms with E-state index in [0.29, 0.717) is 0 Å². The van der Waals surface area contributed by atoms with E-state index in [-0.39, 0.29) is 5.41 Å². The summed E-state index contributed by atoms with van der Waals surface area (Å²) in [6, 6.07) is 193. The van der Waals surface area contributed by atoms with Crippen LogP contribution in [0.25, 0.3) is 176 Å². The lowest BCUT2D eigenvalue weighted by Gasteiger charge is -2.28. The van der Waals surface area contributed by atoms with Gasteiger partial charge in [-0.1, -0.05) is 438 Å². The minimum absolute atomic E-state index is 0.0263. The van der Waals surface area contributed by atoms with Crippen LogP contribution in [0.5, 0.6) is 0 Å². The van der Waals surface area contributed by atoms with Gasteiger partial charge in [0.15, 0.2) is 0 Å². The Morgan fingerprint density at radius 2 is 0.436 bits per heavy atom. The predicted molar refractivity (Wildman–Crippen MR) is 592 cm³/mol. The molecular weight excluding hydrogens is 1700 g/mol. The van der Waals surface area contributed by atoms with E-state index in [1.807, 2.05) is 12.1 Å². The number of hydrogen-bond donors (Lipinski definition) is 0.